The van der Waals surface area contributed by atoms with Crippen LogP contribution >= 0.6 is 80.6 Å². The molecule has 0 aliphatic heterocycles. The molecule has 0 aliphatic carbocycles. The van der Waals surface area contributed by atoms with E-state index >= 15 is 0 Å². The molecule has 0 aliphatic rings. The van der Waals surface area contributed by atoms with Gasteiger partial charge in [0.05, 0.1) is 25.1 Å². The second-order valence-electron chi connectivity index (χ2n) is 3.57. The van der Waals surface area contributed by atoms with Crippen molar-refractivity contribution in [1.82, 2.24) is 0 Å². The predicted octanol–water partition coefficient (Wildman–Crippen LogP) is 7.36. The Bertz CT molecular complexity index is 643. The summed E-state index contributed by atoms with van der Waals surface area (Å²) in [4.78, 5) is 0. The summed E-state index contributed by atoms with van der Waals surface area (Å²) >= 11 is 32.2. The lowest BCUT2D eigenvalue weighted by Gasteiger charge is -2.14. The molecule has 0 unspecified atom stereocenters. The van der Waals surface area contributed by atoms with Crippen LogP contribution in [0.25, 0.3) is 11.1 Å². The fourth-order valence-corrected chi connectivity index (χ4v) is 3.62. The van der Waals surface area contributed by atoms with Crippen molar-refractivity contribution in [2.45, 2.75) is 0 Å². The Hall–Kier alpha value is 0.550. The zero-order chi connectivity index (χ0) is 14.3. The maximum atomic E-state index is 13.1. The number of halogens is 7. The van der Waals surface area contributed by atoms with Crippen molar-refractivity contribution in [1.29, 1.82) is 0 Å². The number of benzene rings is 2. The lowest BCUT2D eigenvalue weighted by Crippen LogP contribution is -1.90. The lowest BCUT2D eigenvalue weighted by molar-refractivity contribution is 0.627. The summed E-state index contributed by atoms with van der Waals surface area (Å²) < 4.78 is 13.8. The van der Waals surface area contributed by atoms with E-state index in [-0.39, 0.29) is 30.9 Å². The molecular formula is C12H3Cl5FI. The molecule has 19 heavy (non-hydrogen) atoms. The summed E-state index contributed by atoms with van der Waals surface area (Å²) in [5.74, 6) is -0.355. The van der Waals surface area contributed by atoms with Gasteiger partial charge in [-0.2, -0.15) is 0 Å². The first kappa shape index (κ1) is 15.9. The molecule has 0 saturated heterocycles. The van der Waals surface area contributed by atoms with E-state index in [9.17, 15) is 4.39 Å². The Balaban J connectivity index is 2.83. The molecule has 0 atom stereocenters. The molecule has 0 N–H and O–H groups in total. The highest BCUT2D eigenvalue weighted by Crippen LogP contribution is 2.48. The Morgan fingerprint density at radius 2 is 1.26 bits per heavy atom. The third-order valence-electron chi connectivity index (χ3n) is 2.41. The summed E-state index contributed by atoms with van der Waals surface area (Å²) in [5, 5.41) is 0.705. The molecule has 0 fully saturated rings. The summed E-state index contributed by atoms with van der Waals surface area (Å²) in [6.45, 7) is 0. The third-order valence-corrected chi connectivity index (χ3v) is 5.58. The van der Waals surface area contributed by atoms with E-state index in [1.165, 1.54) is 12.1 Å². The minimum atomic E-state index is -0.355. The van der Waals surface area contributed by atoms with Gasteiger partial charge < -0.3 is 0 Å². The zero-order valence-electron chi connectivity index (χ0n) is 8.88. The van der Waals surface area contributed by atoms with Crippen molar-refractivity contribution >= 4 is 80.6 Å². The summed E-state index contributed by atoms with van der Waals surface area (Å²) in [7, 11) is 0. The average molecular weight is 470 g/mol. The first-order chi connectivity index (χ1) is 8.84. The van der Waals surface area contributed by atoms with Gasteiger partial charge in [0.1, 0.15) is 5.82 Å². The second-order valence-corrected chi connectivity index (χ2v) is 6.62. The Morgan fingerprint density at radius 3 is 1.74 bits per heavy atom. The zero-order valence-corrected chi connectivity index (χ0v) is 14.8. The topological polar surface area (TPSA) is 0 Å². The van der Waals surface area contributed by atoms with Gasteiger partial charge >= 0.3 is 0 Å². The van der Waals surface area contributed by atoms with Crippen LogP contribution in [0, 0.1) is 9.39 Å². The van der Waals surface area contributed by atoms with Gasteiger partial charge in [0.2, 0.25) is 0 Å². The molecule has 0 nitrogen and oxygen atoms in total. The van der Waals surface area contributed by atoms with Gasteiger partial charge in [-0.3, -0.25) is 0 Å². The van der Waals surface area contributed by atoms with E-state index in [2.05, 4.69) is 0 Å². The molecule has 2 aromatic carbocycles. The van der Waals surface area contributed by atoms with Crippen LogP contribution in [0.5, 0.6) is 0 Å². The van der Waals surface area contributed by atoms with Crippen LogP contribution in [0.2, 0.25) is 25.1 Å². The van der Waals surface area contributed by atoms with Gasteiger partial charge in [0.25, 0.3) is 0 Å². The van der Waals surface area contributed by atoms with Crippen molar-refractivity contribution in [2.24, 2.45) is 0 Å². The summed E-state index contributed by atoms with van der Waals surface area (Å²) in [6.07, 6.45) is 0. The normalized spacial score (nSPS) is 10.9. The third kappa shape index (κ3) is 2.94. The van der Waals surface area contributed by atoms with E-state index in [1.54, 1.807) is 6.07 Å². The monoisotopic (exact) mass is 468 g/mol. The van der Waals surface area contributed by atoms with Gasteiger partial charge in [-0.1, -0.05) is 64.1 Å². The minimum Gasteiger partial charge on any atom is -0.207 e. The number of hydrogen-bond donors (Lipinski definition) is 0. The quantitative estimate of drug-likeness (QED) is 0.232. The summed E-state index contributed by atoms with van der Waals surface area (Å²) in [5.41, 5.74) is 1.07. The number of rotatable bonds is 1. The van der Waals surface area contributed by atoms with Crippen molar-refractivity contribution in [3.05, 3.63) is 52.7 Å². The SMILES string of the molecule is Fc1ccc(-c2c(Cl)c(Cl)c(Cl)c(Cl)c2Cl)c(I)c1. The molecule has 0 amide bonds. The van der Waals surface area contributed by atoms with E-state index in [0.717, 1.165) is 0 Å². The highest BCUT2D eigenvalue weighted by molar-refractivity contribution is 14.1. The molecule has 0 saturated carbocycles. The molecule has 0 heterocycles. The van der Waals surface area contributed by atoms with Gasteiger partial charge in [-0.25, -0.2) is 4.39 Å². The molecular weight excluding hydrogens is 467 g/mol. The molecule has 2 rings (SSSR count). The van der Waals surface area contributed by atoms with Gasteiger partial charge in [-0.05, 0) is 40.3 Å². The lowest BCUT2D eigenvalue weighted by atomic mass is 10.1. The highest BCUT2D eigenvalue weighted by atomic mass is 127. The Morgan fingerprint density at radius 1 is 0.789 bits per heavy atom. The Labute approximate surface area is 147 Å². The number of hydrogen-bond acceptors (Lipinski definition) is 0. The van der Waals surface area contributed by atoms with Gasteiger partial charge in [0, 0.05) is 9.13 Å². The minimum absolute atomic E-state index is 0.0965. The van der Waals surface area contributed by atoms with E-state index in [0.29, 0.717) is 14.7 Å². The van der Waals surface area contributed by atoms with Gasteiger partial charge in [0.15, 0.2) is 0 Å². The first-order valence-electron chi connectivity index (χ1n) is 4.81. The van der Waals surface area contributed by atoms with Crippen LogP contribution in [0.15, 0.2) is 18.2 Å². The van der Waals surface area contributed by atoms with Crippen molar-refractivity contribution in [3.8, 4) is 11.1 Å². The second kappa shape index (κ2) is 6.12. The molecule has 100 valence electrons. The average Bonchev–Trinajstić information content (AvgIpc) is 2.37. The maximum absolute atomic E-state index is 13.1. The Kier molecular flexibility index (Phi) is 5.13. The highest BCUT2D eigenvalue weighted by Gasteiger charge is 2.21. The molecule has 0 bridgehead atoms. The van der Waals surface area contributed by atoms with Crippen LogP contribution < -0.4 is 0 Å². The van der Waals surface area contributed by atoms with Crippen molar-refractivity contribution < 1.29 is 4.39 Å². The first-order valence-corrected chi connectivity index (χ1v) is 7.78. The molecule has 2 aromatic rings. The maximum Gasteiger partial charge on any atom is 0.124 e. The van der Waals surface area contributed by atoms with Crippen LogP contribution in [-0.4, -0.2) is 0 Å². The predicted molar refractivity (Wildman–Crippen MR) is 89.6 cm³/mol. The molecule has 0 spiro atoms. The van der Waals surface area contributed by atoms with E-state index in [4.69, 9.17) is 58.0 Å². The van der Waals surface area contributed by atoms with Gasteiger partial charge in [-0.15, -0.1) is 0 Å². The molecule has 7 heteroatoms. The largest absolute Gasteiger partial charge is 0.207 e. The fraction of sp³-hybridized carbons (Fsp3) is 0. The van der Waals surface area contributed by atoms with Crippen LogP contribution in [0.4, 0.5) is 4.39 Å². The summed E-state index contributed by atoms with van der Waals surface area (Å²) in [6, 6.07) is 4.23. The standard InChI is InChI=1S/C12H3Cl5FI/c13-8-7(5-2-1-4(18)3-6(5)19)9(14)11(16)12(17)10(8)15/h1-3H. The van der Waals surface area contributed by atoms with E-state index < -0.39 is 0 Å². The smallest absolute Gasteiger partial charge is 0.124 e. The van der Waals surface area contributed by atoms with Crippen molar-refractivity contribution in [3.63, 3.8) is 0 Å². The van der Waals surface area contributed by atoms with E-state index in [1.807, 2.05) is 22.6 Å². The molecule has 0 aromatic heterocycles. The van der Waals surface area contributed by atoms with Crippen molar-refractivity contribution in [2.75, 3.05) is 0 Å². The van der Waals surface area contributed by atoms with Crippen LogP contribution in [-0.2, 0) is 0 Å². The fourth-order valence-electron chi connectivity index (χ4n) is 1.53. The van der Waals surface area contributed by atoms with Crippen LogP contribution in [0.3, 0.4) is 0 Å². The molecule has 0 radical (unpaired) electrons. The van der Waals surface area contributed by atoms with Crippen LogP contribution in [0.1, 0.15) is 0 Å².